The number of benzene rings is 2. The molecular formula is C23H31N3O5S. The number of carbonyl (C=O) groups is 1. The topological polar surface area (TPSA) is 79.4 Å². The third-order valence-electron chi connectivity index (χ3n) is 5.71. The van der Waals surface area contributed by atoms with Crippen LogP contribution in [0.15, 0.2) is 47.4 Å². The minimum absolute atomic E-state index is 0.108. The Morgan fingerprint density at radius 1 is 1.00 bits per heavy atom. The second-order valence-electron chi connectivity index (χ2n) is 7.68. The van der Waals surface area contributed by atoms with Crippen molar-refractivity contribution >= 4 is 21.6 Å². The smallest absolute Gasteiger partial charge is 0.264 e. The lowest BCUT2D eigenvalue weighted by atomic mass is 10.2. The van der Waals surface area contributed by atoms with Gasteiger partial charge in [-0.15, -0.1) is 0 Å². The van der Waals surface area contributed by atoms with E-state index in [9.17, 15) is 13.2 Å². The molecule has 9 heteroatoms. The molecule has 0 N–H and O–H groups in total. The highest BCUT2D eigenvalue weighted by molar-refractivity contribution is 7.92. The molecular weight excluding hydrogens is 430 g/mol. The van der Waals surface area contributed by atoms with E-state index in [-0.39, 0.29) is 23.0 Å². The molecule has 174 valence electrons. The predicted octanol–water partition coefficient (Wildman–Crippen LogP) is 2.37. The Hall–Kier alpha value is -2.78. The average molecular weight is 462 g/mol. The highest BCUT2D eigenvalue weighted by Gasteiger charge is 2.32. The molecule has 0 spiro atoms. The van der Waals surface area contributed by atoms with Crippen LogP contribution in [0.4, 0.5) is 5.69 Å². The molecule has 0 aromatic heterocycles. The maximum atomic E-state index is 13.7. The van der Waals surface area contributed by atoms with Crippen LogP contribution in [0.25, 0.3) is 0 Å². The number of methoxy groups -OCH3 is 2. The van der Waals surface area contributed by atoms with E-state index >= 15 is 0 Å². The summed E-state index contributed by atoms with van der Waals surface area (Å²) in [5.41, 5.74) is 1.20. The van der Waals surface area contributed by atoms with E-state index in [1.165, 1.54) is 14.2 Å². The first-order valence-corrected chi connectivity index (χ1v) is 12.1. The first kappa shape index (κ1) is 23.9. The van der Waals surface area contributed by atoms with Crippen molar-refractivity contribution in [3.05, 3.63) is 48.0 Å². The van der Waals surface area contributed by atoms with Gasteiger partial charge in [-0.1, -0.05) is 24.6 Å². The van der Waals surface area contributed by atoms with Gasteiger partial charge in [0.25, 0.3) is 10.0 Å². The van der Waals surface area contributed by atoms with E-state index in [1.807, 2.05) is 6.92 Å². The Kier molecular flexibility index (Phi) is 7.63. The van der Waals surface area contributed by atoms with Gasteiger partial charge in [-0.05, 0) is 37.7 Å². The lowest BCUT2D eigenvalue weighted by Gasteiger charge is -2.35. The summed E-state index contributed by atoms with van der Waals surface area (Å²) in [6.45, 7) is 7.26. The molecule has 0 radical (unpaired) electrons. The molecule has 0 aliphatic carbocycles. The molecule has 3 rings (SSSR count). The van der Waals surface area contributed by atoms with Gasteiger partial charge in [0.05, 0.1) is 24.8 Å². The third kappa shape index (κ3) is 5.16. The van der Waals surface area contributed by atoms with Crippen LogP contribution in [-0.4, -0.2) is 77.6 Å². The van der Waals surface area contributed by atoms with Gasteiger partial charge in [0.1, 0.15) is 18.0 Å². The summed E-state index contributed by atoms with van der Waals surface area (Å²) in [7, 11) is -1.07. The SMILES string of the molecule is CCN1CCN(C(=O)CN(c2cc(OC)ccc2OC)S(=O)(=O)c2ccc(C)cc2)CC1. The Balaban J connectivity index is 2.00. The summed E-state index contributed by atoms with van der Waals surface area (Å²) in [5.74, 6) is 0.556. The number of carbonyl (C=O) groups excluding carboxylic acids is 1. The number of hydrogen-bond donors (Lipinski definition) is 0. The van der Waals surface area contributed by atoms with Crippen molar-refractivity contribution < 1.29 is 22.7 Å². The highest BCUT2D eigenvalue weighted by Crippen LogP contribution is 2.35. The number of nitrogens with zero attached hydrogens (tertiary/aromatic N) is 3. The first-order valence-electron chi connectivity index (χ1n) is 10.6. The van der Waals surface area contributed by atoms with Gasteiger partial charge in [0.15, 0.2) is 0 Å². The summed E-state index contributed by atoms with van der Waals surface area (Å²) in [6, 6.07) is 11.5. The average Bonchev–Trinajstić information content (AvgIpc) is 2.82. The zero-order valence-corrected chi connectivity index (χ0v) is 19.9. The van der Waals surface area contributed by atoms with Crippen LogP contribution in [0.5, 0.6) is 11.5 Å². The largest absolute Gasteiger partial charge is 0.497 e. The zero-order chi connectivity index (χ0) is 23.3. The van der Waals surface area contributed by atoms with E-state index in [0.717, 1.165) is 29.5 Å². The summed E-state index contributed by atoms with van der Waals surface area (Å²) < 4.78 is 39.2. The van der Waals surface area contributed by atoms with Crippen LogP contribution in [0.1, 0.15) is 12.5 Å². The van der Waals surface area contributed by atoms with Gasteiger partial charge in [-0.3, -0.25) is 9.10 Å². The van der Waals surface area contributed by atoms with Crippen molar-refractivity contribution in [3.8, 4) is 11.5 Å². The van der Waals surface area contributed by atoms with Crippen molar-refractivity contribution in [2.45, 2.75) is 18.7 Å². The minimum Gasteiger partial charge on any atom is -0.497 e. The molecule has 2 aromatic carbocycles. The van der Waals surface area contributed by atoms with Gasteiger partial charge in [0, 0.05) is 32.2 Å². The number of amides is 1. The fraction of sp³-hybridized carbons (Fsp3) is 0.435. The summed E-state index contributed by atoms with van der Waals surface area (Å²) in [6.07, 6.45) is 0. The van der Waals surface area contributed by atoms with Crippen LogP contribution in [0.3, 0.4) is 0 Å². The number of rotatable bonds is 8. The van der Waals surface area contributed by atoms with Crippen LogP contribution in [0, 0.1) is 6.92 Å². The van der Waals surface area contributed by atoms with Crippen LogP contribution < -0.4 is 13.8 Å². The van der Waals surface area contributed by atoms with E-state index < -0.39 is 10.0 Å². The summed E-state index contributed by atoms with van der Waals surface area (Å²) in [4.78, 5) is 17.3. The monoisotopic (exact) mass is 461 g/mol. The van der Waals surface area contributed by atoms with Gasteiger partial charge >= 0.3 is 0 Å². The van der Waals surface area contributed by atoms with Gasteiger partial charge in [-0.25, -0.2) is 8.42 Å². The zero-order valence-electron chi connectivity index (χ0n) is 19.1. The van der Waals surface area contributed by atoms with Gasteiger partial charge < -0.3 is 19.3 Å². The molecule has 1 heterocycles. The standard InChI is InChI=1S/C23H31N3O5S/c1-5-24-12-14-25(15-13-24)23(27)17-26(21-16-19(30-3)8-11-22(21)31-4)32(28,29)20-9-6-18(2)7-10-20/h6-11,16H,5,12-15,17H2,1-4H3. The number of piperazine rings is 1. The fourth-order valence-electron chi connectivity index (χ4n) is 3.67. The minimum atomic E-state index is -4.04. The predicted molar refractivity (Wildman–Crippen MR) is 124 cm³/mol. The molecule has 0 atom stereocenters. The summed E-state index contributed by atoms with van der Waals surface area (Å²) in [5, 5.41) is 0. The number of anilines is 1. The number of likely N-dealkylation sites (N-methyl/N-ethyl adjacent to an activating group) is 1. The quantitative estimate of drug-likeness (QED) is 0.601. The maximum Gasteiger partial charge on any atom is 0.264 e. The van der Waals surface area contributed by atoms with E-state index in [2.05, 4.69) is 11.8 Å². The lowest BCUT2D eigenvalue weighted by Crippen LogP contribution is -2.51. The van der Waals surface area contributed by atoms with Crippen molar-refractivity contribution in [2.75, 3.05) is 57.8 Å². The van der Waals surface area contributed by atoms with Gasteiger partial charge in [-0.2, -0.15) is 0 Å². The molecule has 32 heavy (non-hydrogen) atoms. The van der Waals surface area contributed by atoms with Crippen molar-refractivity contribution in [2.24, 2.45) is 0 Å². The second-order valence-corrected chi connectivity index (χ2v) is 9.54. The van der Waals surface area contributed by atoms with Crippen LogP contribution >= 0.6 is 0 Å². The number of aryl methyl sites for hydroxylation is 1. The van der Waals surface area contributed by atoms with Crippen molar-refractivity contribution in [1.82, 2.24) is 9.80 Å². The second kappa shape index (κ2) is 10.2. The molecule has 2 aromatic rings. The molecule has 0 unspecified atom stereocenters. The van der Waals surface area contributed by atoms with E-state index in [4.69, 9.17) is 9.47 Å². The fourth-order valence-corrected chi connectivity index (χ4v) is 5.08. The normalized spacial score (nSPS) is 14.8. The van der Waals surface area contributed by atoms with Crippen molar-refractivity contribution in [1.29, 1.82) is 0 Å². The number of hydrogen-bond acceptors (Lipinski definition) is 6. The molecule has 1 fully saturated rings. The Morgan fingerprint density at radius 2 is 1.66 bits per heavy atom. The third-order valence-corrected chi connectivity index (χ3v) is 7.49. The van der Waals surface area contributed by atoms with E-state index in [0.29, 0.717) is 24.6 Å². The first-order chi connectivity index (χ1) is 15.3. The van der Waals surface area contributed by atoms with Gasteiger partial charge in [0.2, 0.25) is 5.91 Å². The molecule has 0 saturated carbocycles. The highest BCUT2D eigenvalue weighted by atomic mass is 32.2. The van der Waals surface area contributed by atoms with Crippen molar-refractivity contribution in [3.63, 3.8) is 0 Å². The molecule has 1 amide bonds. The molecule has 1 aliphatic rings. The molecule has 0 bridgehead atoms. The van der Waals surface area contributed by atoms with Crippen LogP contribution in [-0.2, 0) is 14.8 Å². The molecule has 8 nitrogen and oxygen atoms in total. The maximum absolute atomic E-state index is 13.7. The molecule has 1 aliphatic heterocycles. The Bertz CT molecular complexity index is 1030. The van der Waals surface area contributed by atoms with E-state index in [1.54, 1.807) is 47.4 Å². The summed E-state index contributed by atoms with van der Waals surface area (Å²) >= 11 is 0. The Labute approximate surface area is 190 Å². The Morgan fingerprint density at radius 3 is 2.22 bits per heavy atom. The number of sulfonamides is 1. The lowest BCUT2D eigenvalue weighted by molar-refractivity contribution is -0.131. The molecule has 1 saturated heterocycles. The number of ether oxygens (including phenoxy) is 2. The van der Waals surface area contributed by atoms with Crippen LogP contribution in [0.2, 0.25) is 0 Å².